The molecule has 0 saturated heterocycles. The molecule has 0 heterocycles. The summed E-state index contributed by atoms with van der Waals surface area (Å²) >= 11 is 0. The second-order valence-electron chi connectivity index (χ2n) is 13.4. The lowest BCUT2D eigenvalue weighted by molar-refractivity contribution is -0.141. The standard InChI is InChI=1S/C36H50N4O9/c1-22(2)19-23-10-14-26(15-11-23)32(43)38-30(21-24-12-13-25-7-3-4-8-27(25)20-24)33(44)37-18-6-5-9-28(34(45)46)39-36(49)40-29(35(47)48)16-17-31(41)42/h3-4,7-8,12-13,20,22-23,26,28-30H,5-6,9-11,14-19,21H2,1-2H3,(H,37,44)(H,38,43)(H,41,42)(H,45,46)(H,47,48)(H2,39,40,49)/t23?,26?,28-,29?,30-/m0/s1. The Bertz CT molecular complexity index is 1460. The fourth-order valence-corrected chi connectivity index (χ4v) is 6.38. The highest BCUT2D eigenvalue weighted by Crippen LogP contribution is 2.33. The summed E-state index contributed by atoms with van der Waals surface area (Å²) < 4.78 is 0. The van der Waals surface area contributed by atoms with Gasteiger partial charge in [0, 0.05) is 25.3 Å². The van der Waals surface area contributed by atoms with Gasteiger partial charge in [-0.05, 0) is 86.0 Å². The molecule has 2 aromatic carbocycles. The summed E-state index contributed by atoms with van der Waals surface area (Å²) in [5, 5.41) is 39.9. The van der Waals surface area contributed by atoms with Crippen molar-refractivity contribution >= 4 is 46.5 Å². The minimum absolute atomic E-state index is 0.00221. The van der Waals surface area contributed by atoms with Crippen molar-refractivity contribution < 1.29 is 44.1 Å². The quantitative estimate of drug-likeness (QED) is 0.106. The number of carboxylic acids is 3. The molecule has 0 aliphatic heterocycles. The van der Waals surface area contributed by atoms with Crippen molar-refractivity contribution in [1.29, 1.82) is 0 Å². The molecule has 1 fully saturated rings. The molecule has 49 heavy (non-hydrogen) atoms. The first-order valence-electron chi connectivity index (χ1n) is 17.1. The summed E-state index contributed by atoms with van der Waals surface area (Å²) in [4.78, 5) is 72.9. The third-order valence-corrected chi connectivity index (χ3v) is 8.98. The predicted octanol–water partition coefficient (Wildman–Crippen LogP) is 4.08. The van der Waals surface area contributed by atoms with Gasteiger partial charge in [-0.3, -0.25) is 14.4 Å². The first-order valence-corrected chi connectivity index (χ1v) is 17.1. The fraction of sp³-hybridized carbons (Fsp3) is 0.556. The molecule has 0 spiro atoms. The molecular formula is C36H50N4O9. The zero-order valence-corrected chi connectivity index (χ0v) is 28.3. The Hall–Kier alpha value is -4.68. The van der Waals surface area contributed by atoms with Gasteiger partial charge in [0.25, 0.3) is 0 Å². The van der Waals surface area contributed by atoms with E-state index in [1.54, 1.807) is 0 Å². The van der Waals surface area contributed by atoms with Gasteiger partial charge in [0.15, 0.2) is 0 Å². The van der Waals surface area contributed by atoms with E-state index in [2.05, 4.69) is 35.1 Å². The maximum atomic E-state index is 13.4. The van der Waals surface area contributed by atoms with E-state index in [0.717, 1.165) is 48.4 Å². The first-order chi connectivity index (χ1) is 23.3. The van der Waals surface area contributed by atoms with Gasteiger partial charge in [0.2, 0.25) is 11.8 Å². The molecule has 0 bridgehead atoms. The molecule has 1 saturated carbocycles. The van der Waals surface area contributed by atoms with Crippen LogP contribution < -0.4 is 21.3 Å². The third-order valence-electron chi connectivity index (χ3n) is 8.98. The molecule has 268 valence electrons. The first kappa shape index (κ1) is 38.8. The van der Waals surface area contributed by atoms with E-state index in [0.29, 0.717) is 31.1 Å². The number of carboxylic acid groups (broad SMARTS) is 3. The number of fused-ring (bicyclic) bond motifs is 1. The summed E-state index contributed by atoms with van der Waals surface area (Å²) in [6.45, 7) is 4.63. The number of carbonyl (C=O) groups is 6. The number of rotatable bonds is 19. The van der Waals surface area contributed by atoms with Crippen LogP contribution in [0.1, 0.15) is 83.6 Å². The Labute approximate surface area is 286 Å². The number of amides is 4. The smallest absolute Gasteiger partial charge is 0.326 e. The van der Waals surface area contributed by atoms with Crippen molar-refractivity contribution in [3.63, 3.8) is 0 Å². The van der Waals surface area contributed by atoms with E-state index in [1.807, 2.05) is 42.5 Å². The van der Waals surface area contributed by atoms with E-state index < -0.39 is 48.5 Å². The van der Waals surface area contributed by atoms with E-state index in [1.165, 1.54) is 0 Å². The maximum absolute atomic E-state index is 13.4. The van der Waals surface area contributed by atoms with Gasteiger partial charge in [-0.2, -0.15) is 0 Å². The van der Waals surface area contributed by atoms with Crippen LogP contribution in [0, 0.1) is 17.8 Å². The van der Waals surface area contributed by atoms with Gasteiger partial charge in [0.1, 0.15) is 18.1 Å². The molecule has 0 aromatic heterocycles. The number of hydrogen-bond acceptors (Lipinski definition) is 6. The Kier molecular flexibility index (Phi) is 15.3. The number of hydrogen-bond donors (Lipinski definition) is 7. The van der Waals surface area contributed by atoms with Gasteiger partial charge >= 0.3 is 23.9 Å². The molecule has 4 amide bonds. The Morgan fingerprint density at radius 3 is 2.00 bits per heavy atom. The number of urea groups is 1. The average Bonchev–Trinajstić information content (AvgIpc) is 3.05. The maximum Gasteiger partial charge on any atom is 0.326 e. The van der Waals surface area contributed by atoms with Crippen molar-refractivity contribution in [2.24, 2.45) is 17.8 Å². The fourth-order valence-electron chi connectivity index (χ4n) is 6.38. The second-order valence-corrected chi connectivity index (χ2v) is 13.4. The summed E-state index contributed by atoms with van der Waals surface area (Å²) in [5.41, 5.74) is 0.904. The molecule has 3 atom stereocenters. The lowest BCUT2D eigenvalue weighted by Crippen LogP contribution is -2.51. The lowest BCUT2D eigenvalue weighted by atomic mass is 9.78. The van der Waals surface area contributed by atoms with Crippen LogP contribution >= 0.6 is 0 Å². The van der Waals surface area contributed by atoms with E-state index in [4.69, 9.17) is 5.11 Å². The van der Waals surface area contributed by atoms with E-state index >= 15 is 0 Å². The Balaban J connectivity index is 1.55. The van der Waals surface area contributed by atoms with Crippen LogP contribution in [0.2, 0.25) is 0 Å². The SMILES string of the molecule is CC(C)CC1CCC(C(=O)N[C@@H](Cc2ccc3ccccc3c2)C(=O)NCCCC[C@H](NC(=O)NC(CCC(=O)O)C(=O)O)C(=O)O)CC1. The molecule has 1 aliphatic carbocycles. The Morgan fingerprint density at radius 2 is 1.39 bits per heavy atom. The third kappa shape index (κ3) is 13.4. The van der Waals surface area contributed by atoms with Gasteiger partial charge in [0.05, 0.1) is 0 Å². The molecule has 13 nitrogen and oxygen atoms in total. The highest BCUT2D eigenvalue weighted by atomic mass is 16.4. The zero-order valence-electron chi connectivity index (χ0n) is 28.3. The number of nitrogens with one attached hydrogen (secondary N) is 4. The van der Waals surface area contributed by atoms with Crippen LogP contribution in [0.15, 0.2) is 42.5 Å². The molecule has 7 N–H and O–H groups in total. The summed E-state index contributed by atoms with van der Waals surface area (Å²) in [6.07, 6.45) is 4.87. The van der Waals surface area contributed by atoms with Gasteiger partial charge < -0.3 is 36.6 Å². The number of unbranched alkanes of at least 4 members (excludes halogenated alkanes) is 1. The largest absolute Gasteiger partial charge is 0.481 e. The van der Waals surface area contributed by atoms with Crippen LogP contribution in [-0.4, -0.2) is 75.7 Å². The van der Waals surface area contributed by atoms with Crippen LogP contribution in [0.3, 0.4) is 0 Å². The second kappa shape index (κ2) is 19.4. The van der Waals surface area contributed by atoms with E-state index in [9.17, 15) is 39.0 Å². The van der Waals surface area contributed by atoms with E-state index in [-0.39, 0.29) is 37.1 Å². The molecule has 1 aliphatic rings. The van der Waals surface area contributed by atoms with Crippen LogP contribution in [0.25, 0.3) is 10.8 Å². The molecule has 2 aromatic rings. The van der Waals surface area contributed by atoms with Gasteiger partial charge in [-0.15, -0.1) is 0 Å². The minimum Gasteiger partial charge on any atom is -0.481 e. The molecular weight excluding hydrogens is 632 g/mol. The minimum atomic E-state index is -1.50. The Morgan fingerprint density at radius 1 is 0.755 bits per heavy atom. The molecule has 13 heteroatoms. The topological polar surface area (TPSA) is 211 Å². The van der Waals surface area contributed by atoms with Crippen molar-refractivity contribution in [3.8, 4) is 0 Å². The van der Waals surface area contributed by atoms with Crippen LogP contribution in [-0.2, 0) is 30.4 Å². The predicted molar refractivity (Wildman–Crippen MR) is 183 cm³/mol. The van der Waals surface area contributed by atoms with Crippen molar-refractivity contribution in [2.75, 3.05) is 6.54 Å². The number of carbonyl (C=O) groups excluding carboxylic acids is 3. The van der Waals surface area contributed by atoms with Crippen molar-refractivity contribution in [1.82, 2.24) is 21.3 Å². The van der Waals surface area contributed by atoms with Crippen LogP contribution in [0.4, 0.5) is 4.79 Å². The van der Waals surface area contributed by atoms with Crippen LogP contribution in [0.5, 0.6) is 0 Å². The van der Waals surface area contributed by atoms with Gasteiger partial charge in [-0.1, -0.05) is 56.3 Å². The van der Waals surface area contributed by atoms with Crippen molar-refractivity contribution in [3.05, 3.63) is 48.0 Å². The zero-order chi connectivity index (χ0) is 35.9. The van der Waals surface area contributed by atoms with Crippen molar-refractivity contribution in [2.45, 2.75) is 103 Å². The summed E-state index contributed by atoms with van der Waals surface area (Å²) in [6, 6.07) is 9.18. The monoisotopic (exact) mass is 682 g/mol. The lowest BCUT2D eigenvalue weighted by Gasteiger charge is -2.30. The molecule has 3 rings (SSSR count). The summed E-state index contributed by atoms with van der Waals surface area (Å²) in [7, 11) is 0. The average molecular weight is 683 g/mol. The van der Waals surface area contributed by atoms with Gasteiger partial charge in [-0.25, -0.2) is 14.4 Å². The summed E-state index contributed by atoms with van der Waals surface area (Å²) in [5.74, 6) is -3.37. The molecule has 1 unspecified atom stereocenters. The normalized spacial score (nSPS) is 17.8. The highest BCUT2D eigenvalue weighted by molar-refractivity contribution is 5.89. The molecule has 0 radical (unpaired) electrons. The number of benzene rings is 2. The highest BCUT2D eigenvalue weighted by Gasteiger charge is 2.30. The number of aliphatic carboxylic acids is 3.